The van der Waals surface area contributed by atoms with Gasteiger partial charge in [0.1, 0.15) is 5.75 Å². The zero-order valence-electron chi connectivity index (χ0n) is 14.0. The summed E-state index contributed by atoms with van der Waals surface area (Å²) in [5, 5.41) is 10.7. The third kappa shape index (κ3) is 3.73. The lowest BCUT2D eigenvalue weighted by molar-refractivity contribution is 0.378. The second-order valence-electron chi connectivity index (χ2n) is 8.11. The molecule has 1 N–H and O–H groups in total. The number of benzene rings is 1. The van der Waals surface area contributed by atoms with Gasteiger partial charge >= 0.3 is 0 Å². The molecule has 1 aliphatic heterocycles. The summed E-state index contributed by atoms with van der Waals surface area (Å²) in [5.41, 5.74) is 3.06. The molecular weight excluding hydrogens is 284 g/mol. The molecular formula is C18H27ClO2. The summed E-state index contributed by atoms with van der Waals surface area (Å²) in [5.74, 6) is 0.991. The maximum Gasteiger partial charge on any atom is 0.123 e. The second kappa shape index (κ2) is 5.48. The predicted molar refractivity (Wildman–Crippen MR) is 88.6 cm³/mol. The number of phenolic OH excluding ortho intramolecular Hbond substituents is 1. The Bertz CT molecular complexity index is 488. The fourth-order valence-corrected chi connectivity index (χ4v) is 2.95. The van der Waals surface area contributed by atoms with Crippen LogP contribution >= 0.6 is 11.6 Å². The Kier molecular flexibility index (Phi) is 4.34. The smallest absolute Gasteiger partial charge is 0.123 e. The minimum atomic E-state index is -0.0869. The monoisotopic (exact) mass is 310 g/mol. The van der Waals surface area contributed by atoms with Crippen molar-refractivity contribution in [1.29, 1.82) is 0 Å². The average molecular weight is 311 g/mol. The summed E-state index contributed by atoms with van der Waals surface area (Å²) in [6.07, 6.45) is 1.29. The molecule has 1 heterocycles. The van der Waals surface area contributed by atoms with Crippen LogP contribution in [0.5, 0.6) is 5.75 Å². The minimum Gasteiger partial charge on any atom is -0.507 e. The standard InChI is InChI=1S/C18H27ClO2/c1-17(2,3)12-7-11(9-14-15(10-19)21-14)8-13(16(12)20)18(4,5)6/h7-8,14-15,20H,9-10H2,1-6H3. The van der Waals surface area contributed by atoms with E-state index in [0.717, 1.165) is 17.5 Å². The van der Waals surface area contributed by atoms with Crippen molar-refractivity contribution >= 4 is 11.6 Å². The maximum atomic E-state index is 10.7. The molecule has 2 atom stereocenters. The molecule has 0 aromatic heterocycles. The zero-order chi connectivity index (χ0) is 16.0. The fraction of sp³-hybridized carbons (Fsp3) is 0.667. The van der Waals surface area contributed by atoms with Crippen molar-refractivity contribution in [1.82, 2.24) is 0 Å². The molecule has 0 amide bonds. The second-order valence-corrected chi connectivity index (χ2v) is 8.42. The Morgan fingerprint density at radius 3 is 1.81 bits per heavy atom. The molecule has 3 heteroatoms. The number of rotatable bonds is 3. The lowest BCUT2D eigenvalue weighted by Gasteiger charge is -2.28. The molecule has 118 valence electrons. The molecule has 21 heavy (non-hydrogen) atoms. The van der Waals surface area contributed by atoms with Gasteiger partial charge in [0, 0.05) is 6.42 Å². The molecule has 2 unspecified atom stereocenters. The van der Waals surface area contributed by atoms with Crippen LogP contribution in [0, 0.1) is 0 Å². The Morgan fingerprint density at radius 2 is 1.48 bits per heavy atom. The van der Waals surface area contributed by atoms with Gasteiger partial charge in [-0.15, -0.1) is 11.6 Å². The Labute approximate surface area is 133 Å². The van der Waals surface area contributed by atoms with E-state index in [1.807, 2.05) is 0 Å². The van der Waals surface area contributed by atoms with Gasteiger partial charge < -0.3 is 9.84 Å². The van der Waals surface area contributed by atoms with Crippen molar-refractivity contribution in [2.45, 2.75) is 71.0 Å². The van der Waals surface area contributed by atoms with E-state index in [4.69, 9.17) is 16.3 Å². The summed E-state index contributed by atoms with van der Waals surface area (Å²) in [7, 11) is 0. The molecule has 1 aliphatic rings. The zero-order valence-corrected chi connectivity index (χ0v) is 14.7. The van der Waals surface area contributed by atoms with Crippen molar-refractivity contribution in [3.8, 4) is 5.75 Å². The molecule has 1 saturated heterocycles. The molecule has 1 aromatic carbocycles. The third-order valence-corrected chi connectivity index (χ3v) is 4.37. The van der Waals surface area contributed by atoms with Crippen LogP contribution in [0.3, 0.4) is 0 Å². The van der Waals surface area contributed by atoms with Gasteiger partial charge in [-0.25, -0.2) is 0 Å². The highest BCUT2D eigenvalue weighted by atomic mass is 35.5. The van der Waals surface area contributed by atoms with Gasteiger partial charge in [0.2, 0.25) is 0 Å². The topological polar surface area (TPSA) is 32.8 Å². The number of hydrogen-bond donors (Lipinski definition) is 1. The molecule has 2 nitrogen and oxygen atoms in total. The van der Waals surface area contributed by atoms with Crippen LogP contribution in [0.1, 0.15) is 58.2 Å². The van der Waals surface area contributed by atoms with Crippen molar-refractivity contribution < 1.29 is 9.84 Å². The molecule has 0 spiro atoms. The first-order chi connectivity index (χ1) is 9.54. The number of aromatic hydroxyl groups is 1. The number of halogens is 1. The first-order valence-corrected chi connectivity index (χ1v) is 8.15. The van der Waals surface area contributed by atoms with Crippen molar-refractivity contribution in [3.63, 3.8) is 0 Å². The van der Waals surface area contributed by atoms with E-state index in [1.165, 1.54) is 5.56 Å². The largest absolute Gasteiger partial charge is 0.507 e. The van der Waals surface area contributed by atoms with Crippen molar-refractivity contribution in [3.05, 3.63) is 28.8 Å². The SMILES string of the molecule is CC(C)(C)c1cc(CC2OC2CCl)cc(C(C)(C)C)c1O. The van der Waals surface area contributed by atoms with E-state index in [9.17, 15) is 5.11 Å². The summed E-state index contributed by atoms with van der Waals surface area (Å²) in [6.45, 7) is 12.8. The highest BCUT2D eigenvalue weighted by Gasteiger charge is 2.38. The van der Waals surface area contributed by atoms with E-state index in [-0.39, 0.29) is 23.0 Å². The van der Waals surface area contributed by atoms with Gasteiger partial charge in [-0.05, 0) is 27.5 Å². The quantitative estimate of drug-likeness (QED) is 0.657. The molecule has 2 rings (SSSR count). The van der Waals surface area contributed by atoms with Crippen molar-refractivity contribution in [2.24, 2.45) is 0 Å². The van der Waals surface area contributed by atoms with Crippen LogP contribution in [-0.4, -0.2) is 23.2 Å². The van der Waals surface area contributed by atoms with Gasteiger partial charge in [0.15, 0.2) is 0 Å². The van der Waals surface area contributed by atoms with Crippen LogP contribution in [0.2, 0.25) is 0 Å². The van der Waals surface area contributed by atoms with Gasteiger partial charge in [0.05, 0.1) is 18.1 Å². The number of epoxide rings is 1. The minimum absolute atomic E-state index is 0.0869. The first kappa shape index (κ1) is 16.6. The molecule has 0 aliphatic carbocycles. The van der Waals surface area contributed by atoms with E-state index >= 15 is 0 Å². The highest BCUT2D eigenvalue weighted by molar-refractivity contribution is 6.18. The van der Waals surface area contributed by atoms with Gasteiger partial charge in [-0.1, -0.05) is 53.7 Å². The van der Waals surface area contributed by atoms with E-state index < -0.39 is 0 Å². The van der Waals surface area contributed by atoms with Gasteiger partial charge in [-0.3, -0.25) is 0 Å². The van der Waals surface area contributed by atoms with Crippen LogP contribution in [0.4, 0.5) is 0 Å². The fourth-order valence-electron chi connectivity index (χ4n) is 2.68. The lowest BCUT2D eigenvalue weighted by Crippen LogP contribution is -2.18. The van der Waals surface area contributed by atoms with Crippen LogP contribution in [-0.2, 0) is 22.0 Å². The summed E-state index contributed by atoms with van der Waals surface area (Å²) < 4.78 is 5.56. The van der Waals surface area contributed by atoms with E-state index in [0.29, 0.717) is 11.6 Å². The first-order valence-electron chi connectivity index (χ1n) is 7.62. The van der Waals surface area contributed by atoms with Crippen molar-refractivity contribution in [2.75, 3.05) is 5.88 Å². The molecule has 0 saturated carbocycles. The Morgan fingerprint density at radius 1 is 1.00 bits per heavy atom. The van der Waals surface area contributed by atoms with E-state index in [2.05, 4.69) is 53.7 Å². The molecule has 1 aromatic rings. The highest BCUT2D eigenvalue weighted by Crippen LogP contribution is 2.40. The van der Waals surface area contributed by atoms with Gasteiger partial charge in [-0.2, -0.15) is 0 Å². The number of alkyl halides is 1. The normalized spacial score (nSPS) is 22.4. The third-order valence-electron chi connectivity index (χ3n) is 4.06. The lowest BCUT2D eigenvalue weighted by atomic mass is 9.78. The summed E-state index contributed by atoms with van der Waals surface area (Å²) in [4.78, 5) is 0. The number of hydrogen-bond acceptors (Lipinski definition) is 2. The van der Waals surface area contributed by atoms with E-state index in [1.54, 1.807) is 0 Å². The Balaban J connectivity index is 2.42. The summed E-state index contributed by atoms with van der Waals surface area (Å²) >= 11 is 5.83. The predicted octanol–water partition coefficient (Wildman–Crippen LogP) is 4.54. The molecule has 0 radical (unpaired) electrons. The number of ether oxygens (including phenoxy) is 1. The summed E-state index contributed by atoms with van der Waals surface area (Å²) in [6, 6.07) is 4.25. The van der Waals surface area contributed by atoms with Crippen LogP contribution in [0.15, 0.2) is 12.1 Å². The van der Waals surface area contributed by atoms with Crippen LogP contribution < -0.4 is 0 Å². The molecule has 1 fully saturated rings. The molecule has 0 bridgehead atoms. The number of phenols is 1. The van der Waals surface area contributed by atoms with Crippen LogP contribution in [0.25, 0.3) is 0 Å². The maximum absolute atomic E-state index is 10.7. The average Bonchev–Trinajstić information content (AvgIpc) is 3.06. The Hall–Kier alpha value is -0.730. The van der Waals surface area contributed by atoms with Gasteiger partial charge in [0.25, 0.3) is 0 Å².